The molecule has 0 aromatic heterocycles. The summed E-state index contributed by atoms with van der Waals surface area (Å²) in [6.07, 6.45) is 0.330. The zero-order valence-electron chi connectivity index (χ0n) is 9.10. The molecule has 1 aromatic rings. The predicted molar refractivity (Wildman–Crippen MR) is 63.9 cm³/mol. The molecule has 2 nitrogen and oxygen atoms in total. The lowest BCUT2D eigenvalue weighted by Crippen LogP contribution is -2.06. The Morgan fingerprint density at radius 1 is 1.40 bits per heavy atom. The molecule has 0 saturated heterocycles. The van der Waals surface area contributed by atoms with E-state index in [1.54, 1.807) is 7.11 Å². The average molecular weight is 224 g/mol. The van der Waals surface area contributed by atoms with E-state index in [-0.39, 0.29) is 11.2 Å². The summed E-state index contributed by atoms with van der Waals surface area (Å²) < 4.78 is 5.32. The standard InChI is InChI=1S/C12H16O2S/c1-3-15-12(13)9-11(14-2)10-7-5-4-6-8-10/h4-8,11H,3,9H2,1-2H3. The van der Waals surface area contributed by atoms with Crippen LogP contribution in [0.4, 0.5) is 0 Å². The highest BCUT2D eigenvalue weighted by Crippen LogP contribution is 2.22. The van der Waals surface area contributed by atoms with Crippen LogP contribution in [-0.4, -0.2) is 18.0 Å². The number of hydrogen-bond donors (Lipinski definition) is 0. The lowest BCUT2D eigenvalue weighted by atomic mass is 10.1. The highest BCUT2D eigenvalue weighted by Gasteiger charge is 2.14. The normalized spacial score (nSPS) is 12.4. The van der Waals surface area contributed by atoms with Gasteiger partial charge in [0.2, 0.25) is 0 Å². The van der Waals surface area contributed by atoms with Crippen molar-refractivity contribution in [3.8, 4) is 0 Å². The maximum Gasteiger partial charge on any atom is 0.191 e. The summed E-state index contributed by atoms with van der Waals surface area (Å²) in [5.74, 6) is 0.823. The van der Waals surface area contributed by atoms with Gasteiger partial charge in [-0.05, 0) is 11.3 Å². The Bertz CT molecular complexity index is 298. The van der Waals surface area contributed by atoms with Crippen molar-refractivity contribution in [3.05, 3.63) is 35.9 Å². The highest BCUT2D eigenvalue weighted by atomic mass is 32.2. The molecule has 0 aliphatic carbocycles. The maximum absolute atomic E-state index is 11.5. The number of hydrogen-bond acceptors (Lipinski definition) is 3. The van der Waals surface area contributed by atoms with E-state index in [1.165, 1.54) is 11.8 Å². The van der Waals surface area contributed by atoms with Crippen molar-refractivity contribution in [2.24, 2.45) is 0 Å². The second kappa shape index (κ2) is 6.64. The van der Waals surface area contributed by atoms with E-state index in [1.807, 2.05) is 37.3 Å². The third kappa shape index (κ3) is 4.06. The van der Waals surface area contributed by atoms with Crippen LogP contribution in [0.3, 0.4) is 0 Å². The van der Waals surface area contributed by atoms with Crippen LogP contribution >= 0.6 is 11.8 Å². The summed E-state index contributed by atoms with van der Waals surface area (Å²) in [5.41, 5.74) is 1.06. The van der Waals surface area contributed by atoms with Gasteiger partial charge >= 0.3 is 0 Å². The van der Waals surface area contributed by atoms with Crippen LogP contribution < -0.4 is 0 Å². The molecule has 0 aliphatic rings. The van der Waals surface area contributed by atoms with Crippen molar-refractivity contribution in [2.75, 3.05) is 12.9 Å². The number of benzene rings is 1. The van der Waals surface area contributed by atoms with Gasteiger partial charge in [-0.3, -0.25) is 4.79 Å². The Hall–Kier alpha value is -0.800. The van der Waals surface area contributed by atoms with E-state index in [0.29, 0.717) is 6.42 Å². The first-order chi connectivity index (χ1) is 7.27. The molecule has 0 saturated carbocycles. The van der Waals surface area contributed by atoms with E-state index in [2.05, 4.69) is 0 Å². The monoisotopic (exact) mass is 224 g/mol. The molecule has 15 heavy (non-hydrogen) atoms. The number of rotatable bonds is 5. The molecule has 1 rings (SSSR count). The fourth-order valence-corrected chi connectivity index (χ4v) is 1.97. The van der Waals surface area contributed by atoms with Crippen molar-refractivity contribution < 1.29 is 9.53 Å². The molecule has 0 fully saturated rings. The van der Waals surface area contributed by atoms with Gasteiger partial charge in [0, 0.05) is 13.5 Å². The van der Waals surface area contributed by atoms with Crippen molar-refractivity contribution in [1.29, 1.82) is 0 Å². The highest BCUT2D eigenvalue weighted by molar-refractivity contribution is 8.13. The minimum absolute atomic E-state index is 0.113. The van der Waals surface area contributed by atoms with Crippen molar-refractivity contribution in [3.63, 3.8) is 0 Å². The van der Waals surface area contributed by atoms with Crippen LogP contribution in [0.15, 0.2) is 30.3 Å². The first-order valence-electron chi connectivity index (χ1n) is 5.01. The van der Waals surface area contributed by atoms with E-state index >= 15 is 0 Å². The molecule has 3 heteroatoms. The fraction of sp³-hybridized carbons (Fsp3) is 0.417. The van der Waals surface area contributed by atoms with Crippen LogP contribution in [0.1, 0.15) is 25.0 Å². The minimum Gasteiger partial charge on any atom is -0.376 e. The largest absolute Gasteiger partial charge is 0.376 e. The number of carbonyl (C=O) groups is 1. The number of methoxy groups -OCH3 is 1. The van der Waals surface area contributed by atoms with Crippen LogP contribution in [0, 0.1) is 0 Å². The van der Waals surface area contributed by atoms with Crippen LogP contribution in [0.25, 0.3) is 0 Å². The van der Waals surface area contributed by atoms with E-state index in [0.717, 1.165) is 11.3 Å². The SMILES string of the molecule is CCSC(=O)CC(OC)c1ccccc1. The average Bonchev–Trinajstić information content (AvgIpc) is 2.27. The van der Waals surface area contributed by atoms with Gasteiger partial charge in [0.25, 0.3) is 0 Å². The van der Waals surface area contributed by atoms with Crippen LogP contribution in [0.2, 0.25) is 0 Å². The van der Waals surface area contributed by atoms with Crippen LogP contribution in [-0.2, 0) is 9.53 Å². The van der Waals surface area contributed by atoms with Gasteiger partial charge in [-0.25, -0.2) is 0 Å². The zero-order chi connectivity index (χ0) is 11.1. The molecule has 0 spiro atoms. The van der Waals surface area contributed by atoms with Crippen LogP contribution in [0.5, 0.6) is 0 Å². The van der Waals surface area contributed by atoms with Gasteiger partial charge < -0.3 is 4.74 Å². The lowest BCUT2D eigenvalue weighted by Gasteiger charge is -2.14. The predicted octanol–water partition coefficient (Wildman–Crippen LogP) is 3.04. The van der Waals surface area contributed by atoms with E-state index in [4.69, 9.17) is 4.74 Å². The molecule has 0 amide bonds. The summed E-state index contributed by atoms with van der Waals surface area (Å²) in [7, 11) is 1.64. The van der Waals surface area contributed by atoms with Crippen molar-refractivity contribution in [2.45, 2.75) is 19.4 Å². The lowest BCUT2D eigenvalue weighted by molar-refractivity contribution is -0.113. The van der Waals surface area contributed by atoms with Gasteiger partial charge in [0.05, 0.1) is 6.10 Å². The third-order valence-electron chi connectivity index (χ3n) is 2.11. The first kappa shape index (κ1) is 12.3. The van der Waals surface area contributed by atoms with E-state index in [9.17, 15) is 4.79 Å². The Morgan fingerprint density at radius 3 is 2.60 bits per heavy atom. The molecular weight excluding hydrogens is 208 g/mol. The number of thioether (sulfide) groups is 1. The second-order valence-corrected chi connectivity index (χ2v) is 4.47. The first-order valence-corrected chi connectivity index (χ1v) is 5.99. The molecule has 0 aliphatic heterocycles. The van der Waals surface area contributed by atoms with Crippen molar-refractivity contribution >= 4 is 16.9 Å². The Labute approximate surface area is 95.0 Å². The smallest absolute Gasteiger partial charge is 0.191 e. The molecule has 0 heterocycles. The van der Waals surface area contributed by atoms with Gasteiger partial charge in [-0.1, -0.05) is 49.0 Å². The summed E-state index contributed by atoms with van der Waals surface area (Å²) >= 11 is 1.35. The maximum atomic E-state index is 11.5. The Morgan fingerprint density at radius 2 is 2.07 bits per heavy atom. The van der Waals surface area contributed by atoms with Gasteiger partial charge in [-0.2, -0.15) is 0 Å². The molecule has 0 N–H and O–H groups in total. The molecule has 0 bridgehead atoms. The van der Waals surface area contributed by atoms with Gasteiger partial charge in [0.1, 0.15) is 0 Å². The third-order valence-corrected chi connectivity index (χ3v) is 2.89. The van der Waals surface area contributed by atoms with Crippen molar-refractivity contribution in [1.82, 2.24) is 0 Å². The number of carbonyl (C=O) groups excluding carboxylic acids is 1. The molecule has 1 aromatic carbocycles. The zero-order valence-corrected chi connectivity index (χ0v) is 9.92. The second-order valence-electron chi connectivity index (χ2n) is 3.14. The molecule has 0 radical (unpaired) electrons. The summed E-state index contributed by atoms with van der Waals surface area (Å²) in [6.45, 7) is 1.98. The molecular formula is C12H16O2S. The topological polar surface area (TPSA) is 26.3 Å². The fourth-order valence-electron chi connectivity index (χ4n) is 1.38. The molecule has 1 unspecified atom stereocenters. The minimum atomic E-state index is -0.113. The van der Waals surface area contributed by atoms with Gasteiger partial charge in [-0.15, -0.1) is 0 Å². The summed E-state index contributed by atoms with van der Waals surface area (Å²) in [4.78, 5) is 11.5. The number of ether oxygens (including phenoxy) is 1. The van der Waals surface area contributed by atoms with E-state index < -0.39 is 0 Å². The quantitative estimate of drug-likeness (QED) is 0.769. The Balaban J connectivity index is 2.61. The van der Waals surface area contributed by atoms with Gasteiger partial charge in [0.15, 0.2) is 5.12 Å². The summed E-state index contributed by atoms with van der Waals surface area (Å²) in [5, 5.41) is 0.188. The Kier molecular flexibility index (Phi) is 5.43. The molecule has 82 valence electrons. The summed E-state index contributed by atoms with van der Waals surface area (Å²) in [6, 6.07) is 9.84. The molecule has 1 atom stereocenters.